The van der Waals surface area contributed by atoms with Crippen LogP contribution in [0.2, 0.25) is 5.15 Å². The van der Waals surface area contributed by atoms with Crippen molar-refractivity contribution in [1.29, 1.82) is 0 Å². The van der Waals surface area contributed by atoms with Gasteiger partial charge in [0.25, 0.3) is 10.0 Å². The summed E-state index contributed by atoms with van der Waals surface area (Å²) in [4.78, 5) is 7.45. The van der Waals surface area contributed by atoms with E-state index in [4.69, 9.17) is 17.3 Å². The molecule has 0 saturated carbocycles. The summed E-state index contributed by atoms with van der Waals surface area (Å²) in [5.74, 6) is -0.116. The molecule has 0 aliphatic rings. The second kappa shape index (κ2) is 5.32. The first-order valence-electron chi connectivity index (χ1n) is 4.95. The van der Waals surface area contributed by atoms with E-state index in [1.807, 2.05) is 0 Å². The molecule has 0 amide bonds. The third-order valence-electron chi connectivity index (χ3n) is 2.11. The highest BCUT2D eigenvalue weighted by Gasteiger charge is 2.18. The van der Waals surface area contributed by atoms with E-state index in [2.05, 4.69) is 30.6 Å². The summed E-state index contributed by atoms with van der Waals surface area (Å²) >= 11 is 8.86. The standard InChI is InChI=1S/C10H8BrClN4O2S/c11-6-1-2-8(7(13)5-6)19(17,18)16-10-14-4-3-9(12)15-10/h1-5H,13H2,(H,14,15,16). The highest BCUT2D eigenvalue weighted by atomic mass is 79.9. The molecule has 1 aromatic carbocycles. The molecule has 0 aliphatic carbocycles. The summed E-state index contributed by atoms with van der Waals surface area (Å²) < 4.78 is 27.1. The van der Waals surface area contributed by atoms with Gasteiger partial charge in [0, 0.05) is 10.7 Å². The number of nitrogens with one attached hydrogen (secondary N) is 1. The quantitative estimate of drug-likeness (QED) is 0.644. The molecule has 0 bridgehead atoms. The number of anilines is 2. The third kappa shape index (κ3) is 3.34. The van der Waals surface area contributed by atoms with Gasteiger partial charge in [0.1, 0.15) is 10.0 Å². The van der Waals surface area contributed by atoms with Crippen molar-refractivity contribution in [3.05, 3.63) is 40.1 Å². The van der Waals surface area contributed by atoms with Crippen LogP contribution in [0.4, 0.5) is 11.6 Å². The average Bonchev–Trinajstić information content (AvgIpc) is 2.27. The Balaban J connectivity index is 2.38. The van der Waals surface area contributed by atoms with Gasteiger partial charge < -0.3 is 5.73 Å². The zero-order valence-corrected chi connectivity index (χ0v) is 12.5. The van der Waals surface area contributed by atoms with Gasteiger partial charge >= 0.3 is 0 Å². The number of nitrogen functional groups attached to an aromatic ring is 1. The number of nitrogens with two attached hydrogens (primary N) is 1. The maximum atomic E-state index is 12.1. The van der Waals surface area contributed by atoms with Crippen molar-refractivity contribution in [3.63, 3.8) is 0 Å². The second-order valence-electron chi connectivity index (χ2n) is 3.49. The number of halogens is 2. The molecule has 100 valence electrons. The Morgan fingerprint density at radius 2 is 2.05 bits per heavy atom. The van der Waals surface area contributed by atoms with Crippen LogP contribution in [-0.4, -0.2) is 18.4 Å². The van der Waals surface area contributed by atoms with Crippen molar-refractivity contribution >= 4 is 49.2 Å². The molecular formula is C10H8BrClN4O2S. The van der Waals surface area contributed by atoms with Gasteiger partial charge in [-0.2, -0.15) is 0 Å². The van der Waals surface area contributed by atoms with E-state index >= 15 is 0 Å². The molecule has 2 aromatic rings. The van der Waals surface area contributed by atoms with Crippen molar-refractivity contribution in [2.75, 3.05) is 10.5 Å². The Hall–Kier alpha value is -1.38. The average molecular weight is 364 g/mol. The van der Waals surface area contributed by atoms with Crippen LogP contribution in [0.5, 0.6) is 0 Å². The molecular weight excluding hydrogens is 356 g/mol. The number of aromatic nitrogens is 2. The minimum Gasteiger partial charge on any atom is -0.398 e. The van der Waals surface area contributed by atoms with Crippen LogP contribution >= 0.6 is 27.5 Å². The lowest BCUT2D eigenvalue weighted by Gasteiger charge is -2.09. The molecule has 6 nitrogen and oxygen atoms in total. The molecule has 1 aromatic heterocycles. The van der Waals surface area contributed by atoms with Crippen LogP contribution < -0.4 is 10.5 Å². The van der Waals surface area contributed by atoms with Gasteiger partial charge in [-0.15, -0.1) is 0 Å². The second-order valence-corrected chi connectivity index (χ2v) is 6.44. The summed E-state index contributed by atoms with van der Waals surface area (Å²) in [5, 5.41) is 0.136. The Kier molecular flexibility index (Phi) is 3.93. The van der Waals surface area contributed by atoms with Gasteiger partial charge in [-0.1, -0.05) is 27.5 Å². The molecule has 1 heterocycles. The largest absolute Gasteiger partial charge is 0.398 e. The minimum atomic E-state index is -3.86. The molecule has 0 aliphatic heterocycles. The van der Waals surface area contributed by atoms with E-state index in [9.17, 15) is 8.42 Å². The molecule has 3 N–H and O–H groups in total. The van der Waals surface area contributed by atoms with Gasteiger partial charge in [-0.05, 0) is 24.3 Å². The van der Waals surface area contributed by atoms with Crippen molar-refractivity contribution in [2.45, 2.75) is 4.90 Å². The van der Waals surface area contributed by atoms with Gasteiger partial charge in [0.2, 0.25) is 5.95 Å². The van der Waals surface area contributed by atoms with Crippen LogP contribution in [0, 0.1) is 0 Å². The Labute approximate surface area is 123 Å². The summed E-state index contributed by atoms with van der Waals surface area (Å²) in [6.45, 7) is 0. The van der Waals surface area contributed by atoms with Crippen LogP contribution in [-0.2, 0) is 10.0 Å². The topological polar surface area (TPSA) is 98.0 Å². The van der Waals surface area contributed by atoms with E-state index < -0.39 is 10.0 Å². The first-order chi connectivity index (χ1) is 8.88. The van der Waals surface area contributed by atoms with Crippen molar-refractivity contribution < 1.29 is 8.42 Å². The number of hydrogen-bond donors (Lipinski definition) is 2. The van der Waals surface area contributed by atoms with E-state index in [1.54, 1.807) is 6.07 Å². The lowest BCUT2D eigenvalue weighted by molar-refractivity contribution is 0.601. The Bertz CT molecular complexity index is 723. The minimum absolute atomic E-state index is 0.0562. The molecule has 0 spiro atoms. The molecule has 19 heavy (non-hydrogen) atoms. The fraction of sp³-hybridized carbons (Fsp3) is 0. The zero-order valence-electron chi connectivity index (χ0n) is 9.34. The maximum absolute atomic E-state index is 12.1. The lowest BCUT2D eigenvalue weighted by atomic mass is 10.3. The third-order valence-corrected chi connectivity index (χ3v) is 4.21. The predicted octanol–water partition coefficient (Wildman–Crippen LogP) is 2.28. The smallest absolute Gasteiger partial charge is 0.266 e. The molecule has 0 saturated heterocycles. The van der Waals surface area contributed by atoms with Crippen LogP contribution in [0.1, 0.15) is 0 Å². The lowest BCUT2D eigenvalue weighted by Crippen LogP contribution is -2.16. The molecule has 0 radical (unpaired) electrons. The molecule has 9 heteroatoms. The highest BCUT2D eigenvalue weighted by Crippen LogP contribution is 2.24. The first kappa shape index (κ1) is 14.0. The fourth-order valence-electron chi connectivity index (χ4n) is 1.33. The number of nitrogens with zero attached hydrogens (tertiary/aromatic N) is 2. The van der Waals surface area contributed by atoms with Crippen molar-refractivity contribution in [2.24, 2.45) is 0 Å². The van der Waals surface area contributed by atoms with Crippen LogP contribution in [0.3, 0.4) is 0 Å². The van der Waals surface area contributed by atoms with E-state index in [0.717, 1.165) is 0 Å². The van der Waals surface area contributed by atoms with Crippen LogP contribution in [0.15, 0.2) is 39.8 Å². The van der Waals surface area contributed by atoms with Gasteiger partial charge in [-0.25, -0.2) is 23.1 Å². The number of rotatable bonds is 3. The summed E-state index contributed by atoms with van der Waals surface area (Å²) in [6, 6.07) is 5.89. The van der Waals surface area contributed by atoms with E-state index in [0.29, 0.717) is 4.47 Å². The SMILES string of the molecule is Nc1cc(Br)ccc1S(=O)(=O)Nc1nccc(Cl)n1. The predicted molar refractivity (Wildman–Crippen MR) is 76.4 cm³/mol. The van der Waals surface area contributed by atoms with Gasteiger partial charge in [0.05, 0.1) is 5.69 Å². The Morgan fingerprint density at radius 1 is 1.32 bits per heavy atom. The van der Waals surface area contributed by atoms with Crippen molar-refractivity contribution in [1.82, 2.24) is 9.97 Å². The van der Waals surface area contributed by atoms with Gasteiger partial charge in [-0.3, -0.25) is 0 Å². The zero-order chi connectivity index (χ0) is 14.0. The number of hydrogen-bond acceptors (Lipinski definition) is 5. The molecule has 2 rings (SSSR count). The molecule has 0 unspecified atom stereocenters. The summed E-state index contributed by atoms with van der Waals surface area (Å²) in [6.07, 6.45) is 1.35. The Morgan fingerprint density at radius 3 is 2.68 bits per heavy atom. The molecule has 0 fully saturated rings. The van der Waals surface area contributed by atoms with E-state index in [-0.39, 0.29) is 21.7 Å². The fourth-order valence-corrected chi connectivity index (χ4v) is 2.91. The monoisotopic (exact) mass is 362 g/mol. The van der Waals surface area contributed by atoms with E-state index in [1.165, 1.54) is 24.4 Å². The first-order valence-corrected chi connectivity index (χ1v) is 7.60. The van der Waals surface area contributed by atoms with Gasteiger partial charge in [0.15, 0.2) is 0 Å². The van der Waals surface area contributed by atoms with Crippen LogP contribution in [0.25, 0.3) is 0 Å². The summed E-state index contributed by atoms with van der Waals surface area (Å²) in [5.41, 5.74) is 5.79. The number of benzene rings is 1. The highest BCUT2D eigenvalue weighted by molar-refractivity contribution is 9.10. The number of sulfonamides is 1. The van der Waals surface area contributed by atoms with Crippen molar-refractivity contribution in [3.8, 4) is 0 Å². The maximum Gasteiger partial charge on any atom is 0.266 e. The normalized spacial score (nSPS) is 11.3. The molecule has 0 atom stereocenters. The summed E-state index contributed by atoms with van der Waals surface area (Å²) in [7, 11) is -3.86.